The lowest BCUT2D eigenvalue weighted by Crippen LogP contribution is -2.31. The molecule has 0 unspecified atom stereocenters. The summed E-state index contributed by atoms with van der Waals surface area (Å²) in [4.78, 5) is 2.40. The lowest BCUT2D eigenvalue weighted by atomic mass is 10.0. The third kappa shape index (κ3) is 3.95. The van der Waals surface area contributed by atoms with Gasteiger partial charge in [-0.25, -0.2) is 0 Å². The van der Waals surface area contributed by atoms with Gasteiger partial charge in [0, 0.05) is 19.6 Å². The van der Waals surface area contributed by atoms with Crippen molar-refractivity contribution in [1.29, 1.82) is 0 Å². The van der Waals surface area contributed by atoms with Crippen molar-refractivity contribution in [2.24, 2.45) is 5.73 Å². The highest BCUT2D eigenvalue weighted by Gasteiger charge is 2.03. The summed E-state index contributed by atoms with van der Waals surface area (Å²) in [5.41, 5.74) is 9.80. The summed E-state index contributed by atoms with van der Waals surface area (Å²) in [6, 6.07) is 6.69. The van der Waals surface area contributed by atoms with Gasteiger partial charge in [0.05, 0.1) is 0 Å². The summed E-state index contributed by atoms with van der Waals surface area (Å²) in [5.74, 6) is 0. The fraction of sp³-hybridized carbons (Fsp3) is 0.571. The minimum absolute atomic E-state index is 0.751. The van der Waals surface area contributed by atoms with E-state index in [0.29, 0.717) is 0 Å². The van der Waals surface area contributed by atoms with E-state index in [1.807, 2.05) is 0 Å². The van der Waals surface area contributed by atoms with Crippen LogP contribution in [-0.4, -0.2) is 31.1 Å². The Morgan fingerprint density at radius 3 is 2.56 bits per heavy atom. The largest absolute Gasteiger partial charge is 0.329 e. The molecule has 0 aliphatic heterocycles. The molecule has 0 atom stereocenters. The van der Waals surface area contributed by atoms with Gasteiger partial charge in [0.25, 0.3) is 0 Å². The van der Waals surface area contributed by atoms with Crippen LogP contribution < -0.4 is 5.73 Å². The van der Waals surface area contributed by atoms with Gasteiger partial charge in [-0.1, -0.05) is 30.7 Å². The quantitative estimate of drug-likeness (QED) is 0.796. The predicted molar refractivity (Wildman–Crippen MR) is 70.8 cm³/mol. The first-order valence-corrected chi connectivity index (χ1v) is 6.16. The number of rotatable bonds is 6. The number of nitrogens with zero attached hydrogens (tertiary/aromatic N) is 1. The van der Waals surface area contributed by atoms with E-state index in [-0.39, 0.29) is 0 Å². The van der Waals surface area contributed by atoms with Crippen molar-refractivity contribution < 1.29 is 0 Å². The Hall–Kier alpha value is -0.860. The molecular weight excluding hydrogens is 196 g/mol. The minimum atomic E-state index is 0.751. The smallest absolute Gasteiger partial charge is 0.0105 e. The van der Waals surface area contributed by atoms with Crippen LogP contribution in [0, 0.1) is 13.8 Å². The molecule has 0 spiro atoms. The molecule has 0 bridgehead atoms. The summed E-state index contributed by atoms with van der Waals surface area (Å²) in [7, 11) is 0. The monoisotopic (exact) mass is 220 g/mol. The first kappa shape index (κ1) is 13.2. The van der Waals surface area contributed by atoms with E-state index < -0.39 is 0 Å². The van der Waals surface area contributed by atoms with Gasteiger partial charge in [-0.05, 0) is 37.9 Å². The van der Waals surface area contributed by atoms with Crippen LogP contribution in [-0.2, 0) is 6.42 Å². The number of hydrogen-bond acceptors (Lipinski definition) is 2. The topological polar surface area (TPSA) is 29.3 Å². The zero-order chi connectivity index (χ0) is 12.0. The maximum Gasteiger partial charge on any atom is 0.0105 e. The van der Waals surface area contributed by atoms with Crippen LogP contribution >= 0.6 is 0 Å². The Morgan fingerprint density at radius 1 is 1.19 bits per heavy atom. The first-order chi connectivity index (χ1) is 7.67. The maximum atomic E-state index is 5.59. The molecule has 0 aromatic heterocycles. The molecule has 0 saturated carbocycles. The lowest BCUT2D eigenvalue weighted by Gasteiger charge is -2.19. The summed E-state index contributed by atoms with van der Waals surface area (Å²) >= 11 is 0. The Bertz CT molecular complexity index is 321. The van der Waals surface area contributed by atoms with Crippen LogP contribution in [0.1, 0.15) is 23.6 Å². The second-order valence-electron chi connectivity index (χ2n) is 4.40. The second kappa shape index (κ2) is 6.66. The molecule has 16 heavy (non-hydrogen) atoms. The summed E-state index contributed by atoms with van der Waals surface area (Å²) < 4.78 is 0. The van der Waals surface area contributed by atoms with Crippen molar-refractivity contribution in [2.45, 2.75) is 27.2 Å². The standard InChI is InChI=1S/C14H24N2/c1-4-16(10-8-15)9-7-14-11-12(2)5-6-13(14)3/h5-6,11H,4,7-10,15H2,1-3H3. The lowest BCUT2D eigenvalue weighted by molar-refractivity contribution is 0.300. The zero-order valence-electron chi connectivity index (χ0n) is 10.8. The zero-order valence-corrected chi connectivity index (χ0v) is 10.8. The fourth-order valence-electron chi connectivity index (χ4n) is 1.96. The second-order valence-corrected chi connectivity index (χ2v) is 4.40. The fourth-order valence-corrected chi connectivity index (χ4v) is 1.96. The van der Waals surface area contributed by atoms with Crippen molar-refractivity contribution in [2.75, 3.05) is 26.2 Å². The van der Waals surface area contributed by atoms with E-state index >= 15 is 0 Å². The van der Waals surface area contributed by atoms with Crippen molar-refractivity contribution in [1.82, 2.24) is 4.90 Å². The molecule has 2 heteroatoms. The molecule has 1 aromatic rings. The van der Waals surface area contributed by atoms with E-state index in [1.165, 1.54) is 16.7 Å². The van der Waals surface area contributed by atoms with Gasteiger partial charge < -0.3 is 10.6 Å². The molecule has 1 aromatic carbocycles. The van der Waals surface area contributed by atoms with Crippen LogP contribution in [0.3, 0.4) is 0 Å². The molecule has 2 N–H and O–H groups in total. The number of nitrogens with two attached hydrogens (primary N) is 1. The molecule has 0 amide bonds. The van der Waals surface area contributed by atoms with Crippen molar-refractivity contribution in [3.63, 3.8) is 0 Å². The number of likely N-dealkylation sites (N-methyl/N-ethyl adjacent to an activating group) is 1. The van der Waals surface area contributed by atoms with E-state index in [0.717, 1.165) is 32.6 Å². The molecule has 1 rings (SSSR count). The molecule has 0 saturated heterocycles. The Balaban J connectivity index is 2.55. The molecule has 2 nitrogen and oxygen atoms in total. The minimum Gasteiger partial charge on any atom is -0.329 e. The van der Waals surface area contributed by atoms with Gasteiger partial charge in [-0.15, -0.1) is 0 Å². The molecule has 0 aliphatic carbocycles. The third-order valence-electron chi connectivity index (χ3n) is 3.09. The molecule has 90 valence electrons. The van der Waals surface area contributed by atoms with Crippen molar-refractivity contribution >= 4 is 0 Å². The molecule has 0 radical (unpaired) electrons. The number of aryl methyl sites for hydroxylation is 2. The van der Waals surface area contributed by atoms with Crippen LogP contribution in [0.25, 0.3) is 0 Å². The Labute approximate surface area is 99.5 Å². The summed E-state index contributed by atoms with van der Waals surface area (Å²) in [6.45, 7) is 10.5. The SMILES string of the molecule is CCN(CCN)CCc1cc(C)ccc1C. The van der Waals surface area contributed by atoms with E-state index in [1.54, 1.807) is 0 Å². The van der Waals surface area contributed by atoms with Crippen molar-refractivity contribution in [3.05, 3.63) is 34.9 Å². The molecule has 0 fully saturated rings. The highest BCUT2D eigenvalue weighted by molar-refractivity contribution is 5.30. The Kier molecular flexibility index (Phi) is 5.50. The molecular formula is C14H24N2. The number of benzene rings is 1. The van der Waals surface area contributed by atoms with Crippen LogP contribution in [0.2, 0.25) is 0 Å². The third-order valence-corrected chi connectivity index (χ3v) is 3.09. The number of hydrogen-bond donors (Lipinski definition) is 1. The van der Waals surface area contributed by atoms with Gasteiger partial charge in [0.15, 0.2) is 0 Å². The van der Waals surface area contributed by atoms with Gasteiger partial charge in [-0.2, -0.15) is 0 Å². The molecule has 0 heterocycles. The van der Waals surface area contributed by atoms with E-state index in [4.69, 9.17) is 5.73 Å². The van der Waals surface area contributed by atoms with E-state index in [2.05, 4.69) is 43.9 Å². The maximum absolute atomic E-state index is 5.59. The van der Waals surface area contributed by atoms with Gasteiger partial charge in [-0.3, -0.25) is 0 Å². The van der Waals surface area contributed by atoms with Gasteiger partial charge >= 0.3 is 0 Å². The average molecular weight is 220 g/mol. The van der Waals surface area contributed by atoms with Gasteiger partial charge in [0.2, 0.25) is 0 Å². The summed E-state index contributed by atoms with van der Waals surface area (Å²) in [6.07, 6.45) is 1.13. The average Bonchev–Trinajstić information content (AvgIpc) is 2.28. The highest BCUT2D eigenvalue weighted by Crippen LogP contribution is 2.11. The van der Waals surface area contributed by atoms with Crippen LogP contribution in [0.15, 0.2) is 18.2 Å². The predicted octanol–water partition coefficient (Wildman–Crippen LogP) is 2.13. The molecule has 0 aliphatic rings. The first-order valence-electron chi connectivity index (χ1n) is 6.16. The van der Waals surface area contributed by atoms with Crippen LogP contribution in [0.5, 0.6) is 0 Å². The Morgan fingerprint density at radius 2 is 1.94 bits per heavy atom. The van der Waals surface area contributed by atoms with Crippen LogP contribution in [0.4, 0.5) is 0 Å². The van der Waals surface area contributed by atoms with Gasteiger partial charge in [0.1, 0.15) is 0 Å². The highest BCUT2D eigenvalue weighted by atomic mass is 15.1. The summed E-state index contributed by atoms with van der Waals surface area (Å²) in [5, 5.41) is 0. The van der Waals surface area contributed by atoms with E-state index in [9.17, 15) is 0 Å². The normalized spacial score (nSPS) is 11.1. The van der Waals surface area contributed by atoms with Crippen molar-refractivity contribution in [3.8, 4) is 0 Å².